The predicted molar refractivity (Wildman–Crippen MR) is 84.6 cm³/mol. The molecule has 0 aromatic carbocycles. The van der Waals surface area contributed by atoms with Crippen LogP contribution in [-0.2, 0) is 4.79 Å². The Morgan fingerprint density at radius 3 is 3.00 bits per heavy atom. The molecule has 3 rings (SSSR count). The van der Waals surface area contributed by atoms with E-state index in [1.807, 2.05) is 12.1 Å². The summed E-state index contributed by atoms with van der Waals surface area (Å²) in [5.74, 6) is 0.378. The fourth-order valence-electron chi connectivity index (χ4n) is 2.49. The van der Waals surface area contributed by atoms with Gasteiger partial charge in [-0.1, -0.05) is 6.08 Å². The maximum absolute atomic E-state index is 12.4. The van der Waals surface area contributed by atoms with Gasteiger partial charge in [0.2, 0.25) is 5.88 Å². The Balaban J connectivity index is 1.88. The van der Waals surface area contributed by atoms with Crippen molar-refractivity contribution >= 4 is 22.6 Å². The molecule has 6 nitrogen and oxygen atoms in total. The Hall–Kier alpha value is -2.47. The Bertz CT molecular complexity index is 742. The zero-order valence-electron chi connectivity index (χ0n) is 12.4. The van der Waals surface area contributed by atoms with Crippen LogP contribution in [-0.4, -0.2) is 29.0 Å². The number of anilines is 1. The van der Waals surface area contributed by atoms with E-state index in [1.165, 1.54) is 0 Å². The average molecular weight is 298 g/mol. The Kier molecular flexibility index (Phi) is 4.02. The number of nitrogens with two attached hydrogens (primary N) is 1. The number of nitrogens with zero attached hydrogens (tertiary/aromatic N) is 2. The minimum atomic E-state index is -0.107. The normalized spacial score (nSPS) is 17.9. The number of hydrogen-bond donors (Lipinski definition) is 2. The van der Waals surface area contributed by atoms with Gasteiger partial charge in [-0.2, -0.15) is 0 Å². The summed E-state index contributed by atoms with van der Waals surface area (Å²) in [6.07, 6.45) is 5.85. The van der Waals surface area contributed by atoms with E-state index in [1.54, 1.807) is 25.4 Å². The first kappa shape index (κ1) is 14.5. The van der Waals surface area contributed by atoms with E-state index in [9.17, 15) is 4.79 Å². The summed E-state index contributed by atoms with van der Waals surface area (Å²) in [5.41, 5.74) is 8.57. The fourth-order valence-corrected chi connectivity index (χ4v) is 2.49. The van der Waals surface area contributed by atoms with Gasteiger partial charge in [-0.3, -0.25) is 9.78 Å². The van der Waals surface area contributed by atoms with Crippen LogP contribution in [0.5, 0.6) is 5.88 Å². The summed E-state index contributed by atoms with van der Waals surface area (Å²) >= 11 is 0. The first-order chi connectivity index (χ1) is 10.7. The van der Waals surface area contributed by atoms with Gasteiger partial charge in [0.1, 0.15) is 5.52 Å². The van der Waals surface area contributed by atoms with Crippen molar-refractivity contribution < 1.29 is 9.53 Å². The molecule has 2 aromatic heterocycles. The van der Waals surface area contributed by atoms with Crippen LogP contribution < -0.4 is 15.8 Å². The first-order valence-corrected chi connectivity index (χ1v) is 7.23. The van der Waals surface area contributed by atoms with Crippen LogP contribution in [0.4, 0.5) is 5.69 Å². The number of rotatable bonds is 3. The van der Waals surface area contributed by atoms with E-state index in [0.717, 1.165) is 18.4 Å². The van der Waals surface area contributed by atoms with E-state index in [0.29, 0.717) is 29.0 Å². The molecule has 2 aromatic rings. The van der Waals surface area contributed by atoms with Gasteiger partial charge in [0.05, 0.1) is 18.3 Å². The largest absolute Gasteiger partial charge is 0.481 e. The number of aromatic nitrogens is 2. The van der Waals surface area contributed by atoms with Crippen LogP contribution in [0.15, 0.2) is 36.0 Å². The third kappa shape index (κ3) is 2.92. The second kappa shape index (κ2) is 6.11. The first-order valence-electron chi connectivity index (χ1n) is 7.23. The summed E-state index contributed by atoms with van der Waals surface area (Å²) in [6.45, 7) is 0. The minimum absolute atomic E-state index is 0.107. The van der Waals surface area contributed by atoms with E-state index < -0.39 is 0 Å². The molecule has 0 unspecified atom stereocenters. The number of fused-ring (bicyclic) bond motifs is 1. The van der Waals surface area contributed by atoms with Crippen LogP contribution in [0.25, 0.3) is 11.0 Å². The van der Waals surface area contributed by atoms with E-state index in [2.05, 4.69) is 15.3 Å². The number of nitrogens with one attached hydrogen (secondary N) is 1. The molecule has 22 heavy (non-hydrogen) atoms. The molecule has 0 spiro atoms. The summed E-state index contributed by atoms with van der Waals surface area (Å²) < 4.78 is 5.13. The van der Waals surface area contributed by atoms with Crippen molar-refractivity contribution in [2.24, 2.45) is 5.73 Å². The molecule has 0 saturated carbocycles. The van der Waals surface area contributed by atoms with Crippen LogP contribution >= 0.6 is 0 Å². The lowest BCUT2D eigenvalue weighted by Crippen LogP contribution is -2.25. The lowest BCUT2D eigenvalue weighted by molar-refractivity contribution is -0.113. The lowest BCUT2D eigenvalue weighted by Gasteiger charge is -2.18. The Morgan fingerprint density at radius 2 is 2.27 bits per heavy atom. The zero-order chi connectivity index (χ0) is 15.5. The van der Waals surface area contributed by atoms with E-state index in [-0.39, 0.29) is 11.9 Å². The lowest BCUT2D eigenvalue weighted by atomic mass is 9.95. The number of amides is 1. The highest BCUT2D eigenvalue weighted by atomic mass is 16.5. The van der Waals surface area contributed by atoms with Crippen molar-refractivity contribution in [3.8, 4) is 5.88 Å². The second-order valence-electron chi connectivity index (χ2n) is 5.30. The number of carbonyl (C=O) groups is 1. The third-order valence-corrected chi connectivity index (χ3v) is 3.76. The summed E-state index contributed by atoms with van der Waals surface area (Å²) in [4.78, 5) is 21.0. The van der Waals surface area contributed by atoms with Crippen molar-refractivity contribution in [2.75, 3.05) is 12.4 Å². The molecule has 1 atom stereocenters. The molecular formula is C16H18N4O2. The molecule has 2 heterocycles. The molecule has 0 fully saturated rings. The monoisotopic (exact) mass is 298 g/mol. The van der Waals surface area contributed by atoms with Gasteiger partial charge in [-0.05, 0) is 31.4 Å². The van der Waals surface area contributed by atoms with Gasteiger partial charge in [0.25, 0.3) is 5.91 Å². The van der Waals surface area contributed by atoms with Gasteiger partial charge < -0.3 is 15.8 Å². The third-order valence-electron chi connectivity index (χ3n) is 3.76. The molecule has 1 amide bonds. The summed E-state index contributed by atoms with van der Waals surface area (Å²) in [6, 6.07) is 5.45. The SMILES string of the molecule is COc1ccc2nccc(NC(=O)C3=CC[C@H](N)CC3)c2n1. The number of ether oxygens (including phenoxy) is 1. The Morgan fingerprint density at radius 1 is 1.41 bits per heavy atom. The van der Waals surface area contributed by atoms with Crippen molar-refractivity contribution in [3.63, 3.8) is 0 Å². The number of hydrogen-bond acceptors (Lipinski definition) is 5. The standard InChI is InChI=1S/C16H18N4O2/c1-22-14-7-6-12-15(20-14)13(8-9-18-12)19-16(21)10-2-4-11(17)5-3-10/h2,6-9,11H,3-5,17H2,1H3,(H,18,19,21)/t11-/m0/s1. The molecule has 0 saturated heterocycles. The number of pyridine rings is 2. The maximum atomic E-state index is 12.4. The van der Waals surface area contributed by atoms with E-state index >= 15 is 0 Å². The second-order valence-corrected chi connectivity index (χ2v) is 5.30. The van der Waals surface area contributed by atoms with Crippen molar-refractivity contribution in [1.82, 2.24) is 9.97 Å². The van der Waals surface area contributed by atoms with Crippen LogP contribution in [0, 0.1) is 0 Å². The number of methoxy groups -OCH3 is 1. The maximum Gasteiger partial charge on any atom is 0.251 e. The quantitative estimate of drug-likeness (QED) is 0.904. The predicted octanol–water partition coefficient (Wildman–Crippen LogP) is 2.01. The minimum Gasteiger partial charge on any atom is -0.481 e. The molecule has 1 aliphatic rings. The van der Waals surface area contributed by atoms with Crippen molar-refractivity contribution in [2.45, 2.75) is 25.3 Å². The van der Waals surface area contributed by atoms with Gasteiger partial charge in [-0.25, -0.2) is 4.98 Å². The highest BCUT2D eigenvalue weighted by molar-refractivity contribution is 6.07. The van der Waals surface area contributed by atoms with Crippen molar-refractivity contribution in [1.29, 1.82) is 0 Å². The summed E-state index contributed by atoms with van der Waals surface area (Å²) in [7, 11) is 1.55. The van der Waals surface area contributed by atoms with Crippen molar-refractivity contribution in [3.05, 3.63) is 36.0 Å². The molecule has 0 radical (unpaired) electrons. The van der Waals surface area contributed by atoms with Crippen LogP contribution in [0.2, 0.25) is 0 Å². The van der Waals surface area contributed by atoms with Crippen LogP contribution in [0.3, 0.4) is 0 Å². The molecule has 6 heteroatoms. The zero-order valence-corrected chi connectivity index (χ0v) is 12.4. The molecule has 114 valence electrons. The molecule has 0 bridgehead atoms. The van der Waals surface area contributed by atoms with Gasteiger partial charge in [0.15, 0.2) is 0 Å². The Labute approximate surface area is 128 Å². The summed E-state index contributed by atoms with van der Waals surface area (Å²) in [5, 5.41) is 2.91. The molecule has 0 aliphatic heterocycles. The van der Waals surface area contributed by atoms with Gasteiger partial charge >= 0.3 is 0 Å². The van der Waals surface area contributed by atoms with Gasteiger partial charge in [0, 0.05) is 23.9 Å². The molecule has 1 aliphatic carbocycles. The highest BCUT2D eigenvalue weighted by Gasteiger charge is 2.17. The number of carbonyl (C=O) groups excluding carboxylic acids is 1. The fraction of sp³-hybridized carbons (Fsp3) is 0.312. The van der Waals surface area contributed by atoms with Crippen LogP contribution in [0.1, 0.15) is 19.3 Å². The molecular weight excluding hydrogens is 280 g/mol. The molecule has 3 N–H and O–H groups in total. The highest BCUT2D eigenvalue weighted by Crippen LogP contribution is 2.24. The van der Waals surface area contributed by atoms with E-state index in [4.69, 9.17) is 10.5 Å². The average Bonchev–Trinajstić information content (AvgIpc) is 2.55. The van der Waals surface area contributed by atoms with Gasteiger partial charge in [-0.15, -0.1) is 0 Å². The topological polar surface area (TPSA) is 90.1 Å². The smallest absolute Gasteiger partial charge is 0.251 e.